The van der Waals surface area contributed by atoms with Crippen molar-refractivity contribution >= 4 is 33.0 Å². The van der Waals surface area contributed by atoms with E-state index in [1.54, 1.807) is 40.9 Å². The highest BCUT2D eigenvalue weighted by Crippen LogP contribution is 2.29. The molecule has 1 amide bonds. The van der Waals surface area contributed by atoms with E-state index in [1.807, 2.05) is 6.92 Å². The Morgan fingerprint density at radius 2 is 1.90 bits per heavy atom. The molecule has 0 atom stereocenters. The molecule has 0 spiro atoms. The molecular weight excluding hydrogens is 422 g/mol. The smallest absolute Gasteiger partial charge is 0.275 e. The third kappa shape index (κ3) is 4.33. The van der Waals surface area contributed by atoms with E-state index < -0.39 is 10.0 Å². The summed E-state index contributed by atoms with van der Waals surface area (Å²) >= 11 is 1.37. The number of sulfonamides is 1. The van der Waals surface area contributed by atoms with Gasteiger partial charge in [-0.3, -0.25) is 4.79 Å². The molecule has 1 fully saturated rings. The maximum atomic E-state index is 13.0. The van der Waals surface area contributed by atoms with E-state index in [4.69, 9.17) is 4.42 Å². The molecule has 9 heteroatoms. The zero-order valence-electron chi connectivity index (χ0n) is 16.6. The normalized spacial score (nSPS) is 15.6. The van der Waals surface area contributed by atoms with Crippen molar-refractivity contribution in [3.63, 3.8) is 0 Å². The first kappa shape index (κ1) is 20.8. The van der Waals surface area contributed by atoms with E-state index >= 15 is 0 Å². The van der Waals surface area contributed by atoms with Crippen molar-refractivity contribution in [3.8, 4) is 10.8 Å². The molecule has 0 aliphatic carbocycles. The van der Waals surface area contributed by atoms with Crippen LogP contribution >= 0.6 is 11.3 Å². The number of benzene rings is 1. The Labute approximate surface area is 179 Å². The summed E-state index contributed by atoms with van der Waals surface area (Å²) in [4.78, 5) is 18.1. The molecule has 0 radical (unpaired) electrons. The van der Waals surface area contributed by atoms with E-state index in [2.05, 4.69) is 10.3 Å². The van der Waals surface area contributed by atoms with Gasteiger partial charge in [0.1, 0.15) is 5.69 Å². The van der Waals surface area contributed by atoms with E-state index in [0.717, 1.165) is 30.6 Å². The zero-order chi connectivity index (χ0) is 21.1. The van der Waals surface area contributed by atoms with Crippen molar-refractivity contribution in [1.82, 2.24) is 9.29 Å². The lowest BCUT2D eigenvalue weighted by Crippen LogP contribution is -2.32. The van der Waals surface area contributed by atoms with Crippen molar-refractivity contribution in [3.05, 3.63) is 53.2 Å². The largest absolute Gasteiger partial charge is 0.462 e. The summed E-state index contributed by atoms with van der Waals surface area (Å²) in [5.74, 6) is 0.221. The minimum absolute atomic E-state index is 0.188. The van der Waals surface area contributed by atoms with Crippen LogP contribution < -0.4 is 5.32 Å². The number of hydrogen-bond donors (Lipinski definition) is 1. The fraction of sp³-hybridized carbons (Fsp3) is 0.333. The number of nitrogens with one attached hydrogen (secondary N) is 1. The molecular formula is C21H23N3O4S2. The van der Waals surface area contributed by atoms with Crippen LogP contribution in [0.5, 0.6) is 0 Å². The van der Waals surface area contributed by atoms with E-state index in [-0.39, 0.29) is 10.8 Å². The van der Waals surface area contributed by atoms with Crippen molar-refractivity contribution < 1.29 is 17.6 Å². The van der Waals surface area contributed by atoms with Crippen molar-refractivity contribution in [2.24, 2.45) is 0 Å². The molecule has 1 aliphatic rings. The third-order valence-corrected chi connectivity index (χ3v) is 7.92. The SMILES string of the molecule is Cc1sc(-c2ccco2)nc1C(=O)Nc1cccc(S(=O)(=O)N2CCCCCC2)c1. The van der Waals surface area contributed by atoms with Crippen molar-refractivity contribution in [2.75, 3.05) is 18.4 Å². The number of hydrogen-bond acceptors (Lipinski definition) is 6. The molecule has 1 N–H and O–H groups in total. The van der Waals surface area contributed by atoms with Gasteiger partial charge in [-0.05, 0) is 50.1 Å². The van der Waals surface area contributed by atoms with Gasteiger partial charge in [-0.25, -0.2) is 13.4 Å². The first-order valence-electron chi connectivity index (χ1n) is 9.88. The number of thiazole rings is 1. The van der Waals surface area contributed by atoms with Gasteiger partial charge >= 0.3 is 0 Å². The number of anilines is 1. The first-order chi connectivity index (χ1) is 14.4. The minimum Gasteiger partial charge on any atom is -0.462 e. The molecule has 158 valence electrons. The molecule has 0 bridgehead atoms. The highest BCUT2D eigenvalue weighted by Gasteiger charge is 2.25. The predicted molar refractivity (Wildman–Crippen MR) is 116 cm³/mol. The summed E-state index contributed by atoms with van der Waals surface area (Å²) in [7, 11) is -3.59. The van der Waals surface area contributed by atoms with Crippen LogP contribution in [0.15, 0.2) is 52.0 Å². The van der Waals surface area contributed by atoms with Gasteiger partial charge in [0.15, 0.2) is 10.8 Å². The van der Waals surface area contributed by atoms with Gasteiger partial charge in [0.05, 0.1) is 11.2 Å². The number of carbonyl (C=O) groups excluding carboxylic acids is 1. The number of amides is 1. The summed E-state index contributed by atoms with van der Waals surface area (Å²) in [5, 5.41) is 3.40. The Morgan fingerprint density at radius 1 is 1.13 bits per heavy atom. The van der Waals surface area contributed by atoms with Crippen LogP contribution in [0.4, 0.5) is 5.69 Å². The summed E-state index contributed by atoms with van der Waals surface area (Å²) in [5.41, 5.74) is 0.718. The lowest BCUT2D eigenvalue weighted by Gasteiger charge is -2.20. The van der Waals surface area contributed by atoms with Crippen LogP contribution in [0.2, 0.25) is 0 Å². The number of aryl methyl sites for hydroxylation is 1. The second-order valence-corrected chi connectivity index (χ2v) is 10.3. The minimum atomic E-state index is -3.59. The van der Waals surface area contributed by atoms with E-state index in [0.29, 0.717) is 35.2 Å². The molecule has 0 unspecified atom stereocenters. The maximum absolute atomic E-state index is 13.0. The molecule has 3 heterocycles. The third-order valence-electron chi connectivity index (χ3n) is 5.04. The van der Waals surface area contributed by atoms with Gasteiger partial charge in [0.2, 0.25) is 10.0 Å². The topological polar surface area (TPSA) is 92.5 Å². The number of carbonyl (C=O) groups is 1. The van der Waals surface area contributed by atoms with Crippen LogP contribution in [0.3, 0.4) is 0 Å². The first-order valence-corrected chi connectivity index (χ1v) is 12.1. The average molecular weight is 446 g/mol. The van der Waals surface area contributed by atoms with Gasteiger partial charge in [-0.15, -0.1) is 11.3 Å². The average Bonchev–Trinajstić information content (AvgIpc) is 3.30. The molecule has 0 saturated carbocycles. The van der Waals surface area contributed by atoms with Crippen molar-refractivity contribution in [1.29, 1.82) is 0 Å². The van der Waals surface area contributed by atoms with Crippen LogP contribution in [-0.2, 0) is 10.0 Å². The highest BCUT2D eigenvalue weighted by atomic mass is 32.2. The van der Waals surface area contributed by atoms with Crippen LogP contribution in [0.1, 0.15) is 41.0 Å². The van der Waals surface area contributed by atoms with Gasteiger partial charge in [-0.1, -0.05) is 18.9 Å². The second kappa shape index (κ2) is 8.71. The summed E-state index contributed by atoms with van der Waals surface area (Å²) < 4.78 is 33.0. The molecule has 30 heavy (non-hydrogen) atoms. The number of aromatic nitrogens is 1. The lowest BCUT2D eigenvalue weighted by atomic mass is 10.2. The van der Waals surface area contributed by atoms with Gasteiger partial charge < -0.3 is 9.73 Å². The summed E-state index contributed by atoms with van der Waals surface area (Å²) in [6.45, 7) is 2.89. The monoisotopic (exact) mass is 445 g/mol. The number of furan rings is 1. The second-order valence-electron chi connectivity index (χ2n) is 7.20. The Balaban J connectivity index is 1.54. The Bertz CT molecular complexity index is 1130. The van der Waals surface area contributed by atoms with Gasteiger partial charge in [0, 0.05) is 23.7 Å². The van der Waals surface area contributed by atoms with Crippen LogP contribution in [0, 0.1) is 6.92 Å². The molecule has 1 aromatic carbocycles. The summed E-state index contributed by atoms with van der Waals surface area (Å²) in [6.07, 6.45) is 5.40. The van der Waals surface area contributed by atoms with E-state index in [1.165, 1.54) is 17.4 Å². The molecule has 2 aromatic heterocycles. The molecule has 7 nitrogen and oxygen atoms in total. The Hall–Kier alpha value is -2.49. The van der Waals surface area contributed by atoms with Crippen molar-refractivity contribution in [2.45, 2.75) is 37.5 Å². The lowest BCUT2D eigenvalue weighted by molar-refractivity contribution is 0.102. The predicted octanol–water partition coefficient (Wildman–Crippen LogP) is 4.53. The maximum Gasteiger partial charge on any atom is 0.275 e. The highest BCUT2D eigenvalue weighted by molar-refractivity contribution is 7.89. The van der Waals surface area contributed by atoms with Gasteiger partial charge in [0.25, 0.3) is 5.91 Å². The molecule has 1 aliphatic heterocycles. The number of rotatable bonds is 5. The fourth-order valence-electron chi connectivity index (χ4n) is 3.47. The number of nitrogens with zero attached hydrogens (tertiary/aromatic N) is 2. The molecule has 4 rings (SSSR count). The van der Waals surface area contributed by atoms with Gasteiger partial charge in [-0.2, -0.15) is 4.31 Å². The van der Waals surface area contributed by atoms with Crippen LogP contribution in [-0.4, -0.2) is 36.7 Å². The standard InChI is InChI=1S/C21H23N3O4S2/c1-15-19(23-21(29-15)18-10-7-13-28-18)20(25)22-16-8-6-9-17(14-16)30(26,27)24-11-4-2-3-5-12-24/h6-10,13-14H,2-5,11-12H2,1H3,(H,22,25). The summed E-state index contributed by atoms with van der Waals surface area (Å²) in [6, 6.07) is 9.95. The van der Waals surface area contributed by atoms with Crippen LogP contribution in [0.25, 0.3) is 10.8 Å². The molecule has 1 saturated heterocycles. The molecule has 3 aromatic rings. The fourth-order valence-corrected chi connectivity index (χ4v) is 5.91. The Kier molecular flexibility index (Phi) is 6.03. The van der Waals surface area contributed by atoms with E-state index in [9.17, 15) is 13.2 Å². The quantitative estimate of drug-likeness (QED) is 0.623. The Morgan fingerprint density at radius 3 is 2.60 bits per heavy atom. The zero-order valence-corrected chi connectivity index (χ0v) is 18.3.